The molecule has 4 aromatic carbocycles. The van der Waals surface area contributed by atoms with Gasteiger partial charge in [0.15, 0.2) is 0 Å². The third-order valence-electron chi connectivity index (χ3n) is 8.52. The minimum Gasteiger partial charge on any atom is -0.352 e. The van der Waals surface area contributed by atoms with Crippen molar-refractivity contribution in [2.75, 3.05) is 10.8 Å². The zero-order valence-electron chi connectivity index (χ0n) is 26.5. The van der Waals surface area contributed by atoms with Crippen LogP contribution in [0.3, 0.4) is 0 Å². The molecule has 0 heterocycles. The molecule has 0 unspecified atom stereocenters. The van der Waals surface area contributed by atoms with Crippen LogP contribution >= 0.6 is 34.8 Å². The molecule has 1 N–H and O–H groups in total. The molecular weight excluding hydrogens is 734 g/mol. The van der Waals surface area contributed by atoms with Crippen molar-refractivity contribution in [3.8, 4) is 0 Å². The highest BCUT2D eigenvalue weighted by Gasteiger charge is 2.38. The van der Waals surface area contributed by atoms with E-state index in [1.807, 2.05) is 0 Å². The molecule has 0 spiro atoms. The number of halogens is 6. The van der Waals surface area contributed by atoms with E-state index in [4.69, 9.17) is 34.8 Å². The summed E-state index contributed by atoms with van der Waals surface area (Å²) in [5, 5.41) is 3.09. The summed E-state index contributed by atoms with van der Waals surface area (Å²) in [7, 11) is -4.70. The number of nitrogens with zero attached hydrogens (tertiary/aromatic N) is 2. The van der Waals surface area contributed by atoms with Crippen molar-refractivity contribution >= 4 is 62.3 Å². The molecule has 5 rings (SSSR count). The van der Waals surface area contributed by atoms with Crippen LogP contribution in [0.1, 0.15) is 42.4 Å². The molecule has 0 aromatic heterocycles. The van der Waals surface area contributed by atoms with Crippen LogP contribution in [0.2, 0.25) is 15.1 Å². The fourth-order valence-electron chi connectivity index (χ4n) is 5.89. The number of anilines is 1. The largest absolute Gasteiger partial charge is 0.416 e. The summed E-state index contributed by atoms with van der Waals surface area (Å²) in [5.41, 5.74) is -0.734. The van der Waals surface area contributed by atoms with Gasteiger partial charge in [-0.2, -0.15) is 13.2 Å². The number of amides is 2. The van der Waals surface area contributed by atoms with Gasteiger partial charge in [0, 0.05) is 34.6 Å². The third-order valence-corrected chi connectivity index (χ3v) is 11.3. The van der Waals surface area contributed by atoms with E-state index in [1.54, 1.807) is 54.6 Å². The molecule has 1 atom stereocenters. The van der Waals surface area contributed by atoms with Gasteiger partial charge in [-0.15, -0.1) is 0 Å². The van der Waals surface area contributed by atoms with Crippen molar-refractivity contribution in [3.63, 3.8) is 0 Å². The van der Waals surface area contributed by atoms with Crippen molar-refractivity contribution in [3.05, 3.63) is 129 Å². The fraction of sp³-hybridized carbons (Fsp3) is 0.278. The predicted molar refractivity (Wildman–Crippen MR) is 189 cm³/mol. The quantitative estimate of drug-likeness (QED) is 0.157. The zero-order chi connectivity index (χ0) is 36.1. The molecule has 1 aliphatic rings. The SMILES string of the molecule is O=C(NC1CCCC1)[C@@H](Cc1ccccc1)N(Cc1c(Cl)cccc1Cl)C(=O)CN(c1cc(C(F)(F)F)ccc1Cl)S(=O)(=O)c1ccccc1. The van der Waals surface area contributed by atoms with Gasteiger partial charge in [0.1, 0.15) is 12.6 Å². The van der Waals surface area contributed by atoms with Gasteiger partial charge in [0.2, 0.25) is 11.8 Å². The molecule has 1 aliphatic carbocycles. The molecule has 264 valence electrons. The number of alkyl halides is 3. The van der Waals surface area contributed by atoms with Gasteiger partial charge in [-0.25, -0.2) is 8.42 Å². The van der Waals surface area contributed by atoms with E-state index in [-0.39, 0.29) is 39.0 Å². The maximum Gasteiger partial charge on any atom is 0.416 e. The average molecular weight is 767 g/mol. The van der Waals surface area contributed by atoms with E-state index in [1.165, 1.54) is 29.2 Å². The van der Waals surface area contributed by atoms with Gasteiger partial charge in [0.05, 0.1) is 21.2 Å². The maximum atomic E-state index is 14.7. The monoisotopic (exact) mass is 765 g/mol. The van der Waals surface area contributed by atoms with Crippen molar-refractivity contribution in [2.24, 2.45) is 0 Å². The topological polar surface area (TPSA) is 86.8 Å². The number of hydrogen-bond donors (Lipinski definition) is 1. The molecule has 1 saturated carbocycles. The van der Waals surface area contributed by atoms with Crippen LogP contribution in [0, 0.1) is 0 Å². The summed E-state index contributed by atoms with van der Waals surface area (Å²) < 4.78 is 70.6. The lowest BCUT2D eigenvalue weighted by atomic mass is 10.0. The van der Waals surface area contributed by atoms with E-state index < -0.39 is 51.9 Å². The Morgan fingerprint density at radius 1 is 0.820 bits per heavy atom. The summed E-state index contributed by atoms with van der Waals surface area (Å²) in [6, 6.07) is 21.5. The van der Waals surface area contributed by atoms with Crippen molar-refractivity contribution in [2.45, 2.75) is 61.8 Å². The Balaban J connectivity index is 1.64. The molecule has 2 amide bonds. The second-order valence-corrected chi connectivity index (χ2v) is 15.0. The minimum absolute atomic E-state index is 0.0307. The highest BCUT2D eigenvalue weighted by molar-refractivity contribution is 7.92. The summed E-state index contributed by atoms with van der Waals surface area (Å²) in [6.07, 6.45) is -1.46. The molecule has 0 aliphatic heterocycles. The summed E-state index contributed by atoms with van der Waals surface area (Å²) in [5.74, 6) is -1.39. The average Bonchev–Trinajstić information content (AvgIpc) is 3.60. The van der Waals surface area contributed by atoms with E-state index in [2.05, 4.69) is 5.32 Å². The minimum atomic E-state index is -4.85. The van der Waals surface area contributed by atoms with Crippen molar-refractivity contribution < 1.29 is 31.2 Å². The first-order valence-corrected chi connectivity index (χ1v) is 18.3. The number of rotatable bonds is 12. The summed E-state index contributed by atoms with van der Waals surface area (Å²) >= 11 is 19.5. The molecular formula is C36H33Cl3F3N3O4S. The fourth-order valence-corrected chi connectivity index (χ4v) is 8.12. The van der Waals surface area contributed by atoms with Crippen LogP contribution in [0.15, 0.2) is 102 Å². The van der Waals surface area contributed by atoms with Crippen LogP contribution in [0.5, 0.6) is 0 Å². The van der Waals surface area contributed by atoms with Crippen molar-refractivity contribution in [1.29, 1.82) is 0 Å². The first-order chi connectivity index (χ1) is 23.8. The Labute approximate surface area is 304 Å². The smallest absolute Gasteiger partial charge is 0.352 e. The Bertz CT molecular complexity index is 1910. The van der Waals surface area contributed by atoms with E-state index in [0.29, 0.717) is 21.5 Å². The highest BCUT2D eigenvalue weighted by Crippen LogP contribution is 2.38. The molecule has 1 fully saturated rings. The molecule has 50 heavy (non-hydrogen) atoms. The highest BCUT2D eigenvalue weighted by atomic mass is 35.5. The first kappa shape index (κ1) is 37.5. The van der Waals surface area contributed by atoms with Crippen LogP contribution in [0.25, 0.3) is 0 Å². The van der Waals surface area contributed by atoms with Gasteiger partial charge in [0.25, 0.3) is 10.0 Å². The van der Waals surface area contributed by atoms with Crippen LogP contribution < -0.4 is 9.62 Å². The predicted octanol–water partition coefficient (Wildman–Crippen LogP) is 8.56. The Morgan fingerprint density at radius 2 is 1.42 bits per heavy atom. The van der Waals surface area contributed by atoms with Gasteiger partial charge >= 0.3 is 6.18 Å². The van der Waals surface area contributed by atoms with Gasteiger partial charge in [-0.3, -0.25) is 13.9 Å². The Morgan fingerprint density at radius 3 is 2.02 bits per heavy atom. The van der Waals surface area contributed by atoms with Crippen LogP contribution in [-0.2, 0) is 38.8 Å². The van der Waals surface area contributed by atoms with Crippen molar-refractivity contribution in [1.82, 2.24) is 10.2 Å². The standard InChI is InChI=1S/C36H33Cl3F3N3O4S/c37-29-16-9-17-30(38)28(29)22-44(33(20-24-10-3-1-4-11-24)35(47)43-26-12-7-8-13-26)34(46)23-45(50(48,49)27-14-5-2-6-15-27)32-21-25(36(40,41)42)18-19-31(32)39/h1-6,9-11,14-19,21,26,33H,7-8,12-13,20,22-23H2,(H,43,47)/t33-/m1/s1. The van der Waals surface area contributed by atoms with Crippen LogP contribution in [0.4, 0.5) is 18.9 Å². The van der Waals surface area contributed by atoms with Gasteiger partial charge < -0.3 is 10.2 Å². The third kappa shape index (κ3) is 8.93. The van der Waals surface area contributed by atoms with Gasteiger partial charge in [-0.1, -0.05) is 102 Å². The molecule has 4 aromatic rings. The second-order valence-electron chi connectivity index (χ2n) is 11.9. The van der Waals surface area contributed by atoms with E-state index in [0.717, 1.165) is 37.8 Å². The molecule has 14 heteroatoms. The zero-order valence-corrected chi connectivity index (χ0v) is 29.6. The lowest BCUT2D eigenvalue weighted by Crippen LogP contribution is -2.54. The number of sulfonamides is 1. The first-order valence-electron chi connectivity index (χ1n) is 15.8. The molecule has 0 bridgehead atoms. The molecule has 7 nitrogen and oxygen atoms in total. The van der Waals surface area contributed by atoms with E-state index >= 15 is 0 Å². The van der Waals surface area contributed by atoms with Crippen LogP contribution in [-0.4, -0.2) is 43.8 Å². The maximum absolute atomic E-state index is 14.7. The summed E-state index contributed by atoms with van der Waals surface area (Å²) in [6.45, 7) is -1.33. The number of benzene rings is 4. The molecule has 0 saturated heterocycles. The number of carbonyl (C=O) groups excluding carboxylic acids is 2. The Hall–Kier alpha value is -3.77. The Kier molecular flexibility index (Phi) is 12.0. The number of nitrogens with one attached hydrogen (secondary N) is 1. The lowest BCUT2D eigenvalue weighted by Gasteiger charge is -2.35. The lowest BCUT2D eigenvalue weighted by molar-refractivity contribution is -0.140. The van der Waals surface area contributed by atoms with Gasteiger partial charge in [-0.05, 0) is 60.9 Å². The number of carbonyl (C=O) groups is 2. The normalized spacial score (nSPS) is 14.3. The summed E-state index contributed by atoms with van der Waals surface area (Å²) in [4.78, 5) is 29.7. The second kappa shape index (κ2) is 16.1. The van der Waals surface area contributed by atoms with E-state index in [9.17, 15) is 31.2 Å². The molecule has 0 radical (unpaired) electrons. The number of hydrogen-bond acceptors (Lipinski definition) is 4.